The predicted octanol–water partition coefficient (Wildman–Crippen LogP) is 4.76. The summed E-state index contributed by atoms with van der Waals surface area (Å²) in [5, 5.41) is 5.43. The number of carbonyl (C=O) groups is 1. The highest BCUT2D eigenvalue weighted by Gasteiger charge is 2.18. The number of hydrogen-bond donors (Lipinski definition) is 1. The van der Waals surface area contributed by atoms with Gasteiger partial charge in [0.25, 0.3) is 0 Å². The van der Waals surface area contributed by atoms with Crippen LogP contribution in [0, 0.1) is 0 Å². The van der Waals surface area contributed by atoms with Crippen LogP contribution in [0.25, 0.3) is 32.7 Å². The lowest BCUT2D eigenvalue weighted by Crippen LogP contribution is -2.14. The molecule has 0 atom stereocenters. The summed E-state index contributed by atoms with van der Waals surface area (Å²) in [7, 11) is 0.904. The Morgan fingerprint density at radius 1 is 0.760 bits per heavy atom. The molecule has 2 N–H and O–H groups in total. The molecule has 4 aromatic rings. The van der Waals surface area contributed by atoms with Crippen LogP contribution in [0.5, 0.6) is 0 Å². The molecule has 0 saturated carbocycles. The average molecular weight is 341 g/mol. The van der Waals surface area contributed by atoms with Gasteiger partial charge in [0.1, 0.15) is 0 Å². The van der Waals surface area contributed by atoms with Gasteiger partial charge in [-0.05, 0) is 33.7 Å². The van der Waals surface area contributed by atoms with Gasteiger partial charge in [-0.15, -0.1) is 0 Å². The van der Waals surface area contributed by atoms with E-state index in [0.29, 0.717) is 5.56 Å². The zero-order valence-corrected chi connectivity index (χ0v) is 14.5. The molecule has 0 heterocycles. The average Bonchev–Trinajstić information content (AvgIpc) is 2.66. The minimum Gasteiger partial charge on any atom is -0.366 e. The van der Waals surface area contributed by atoms with Crippen LogP contribution in [-0.2, 0) is 0 Å². The van der Waals surface area contributed by atoms with Crippen molar-refractivity contribution in [3.8, 4) is 11.1 Å². The maximum Gasteiger partial charge on any atom is 0.249 e. The van der Waals surface area contributed by atoms with E-state index < -0.39 is 5.91 Å². The maximum absolute atomic E-state index is 12.2. The Balaban J connectivity index is 2.26. The number of rotatable bonds is 3. The first-order valence-corrected chi connectivity index (χ1v) is 9.09. The molecule has 0 saturated heterocycles. The number of carbonyl (C=O) groups excluding carboxylic acids is 1. The molecule has 0 aliphatic heterocycles. The van der Waals surface area contributed by atoms with Gasteiger partial charge in [-0.25, -0.2) is 0 Å². The molecule has 1 amide bonds. The first-order chi connectivity index (χ1) is 12.2. The van der Waals surface area contributed by atoms with Crippen LogP contribution in [0.1, 0.15) is 10.4 Å². The fourth-order valence-electron chi connectivity index (χ4n) is 3.40. The topological polar surface area (TPSA) is 43.1 Å². The molecule has 4 rings (SSSR count). The predicted molar refractivity (Wildman–Crippen MR) is 109 cm³/mol. The molecule has 120 valence electrons. The third-order valence-electron chi connectivity index (χ3n) is 4.52. The largest absolute Gasteiger partial charge is 0.366 e. The van der Waals surface area contributed by atoms with E-state index in [1.54, 1.807) is 0 Å². The Labute approximate surface area is 147 Å². The molecule has 4 aromatic carbocycles. The Morgan fingerprint density at radius 2 is 1.32 bits per heavy atom. The van der Waals surface area contributed by atoms with E-state index in [1.165, 1.54) is 0 Å². The van der Waals surface area contributed by atoms with E-state index in [9.17, 15) is 4.79 Å². The highest BCUT2D eigenvalue weighted by atomic mass is 31.1. The van der Waals surface area contributed by atoms with Crippen molar-refractivity contribution in [3.63, 3.8) is 0 Å². The van der Waals surface area contributed by atoms with Crippen molar-refractivity contribution in [2.45, 2.75) is 0 Å². The lowest BCUT2D eigenvalue weighted by molar-refractivity contribution is 0.100. The van der Waals surface area contributed by atoms with Crippen LogP contribution in [0.3, 0.4) is 0 Å². The second-order valence-electron chi connectivity index (χ2n) is 5.91. The molecule has 0 fully saturated rings. The summed E-state index contributed by atoms with van der Waals surface area (Å²) < 4.78 is 0. The van der Waals surface area contributed by atoms with Gasteiger partial charge in [0.2, 0.25) is 5.91 Å². The van der Waals surface area contributed by atoms with Crippen molar-refractivity contribution in [1.82, 2.24) is 0 Å². The van der Waals surface area contributed by atoms with Gasteiger partial charge in [0.05, 0.1) is 0 Å². The molecule has 2 nitrogen and oxygen atoms in total. The fraction of sp³-hybridized carbons (Fsp3) is 0. The standard InChI is InChI=1S/C22H16NOP/c1-25-19-13-11-15-7-3-5-9-17(15)21(19)20-16-8-4-2-6-14(16)10-12-18(20)22(23)24/h2-13H,1H2,(H2,23,24). The quantitative estimate of drug-likeness (QED) is 0.536. The van der Waals surface area contributed by atoms with Gasteiger partial charge in [-0.1, -0.05) is 75.2 Å². The van der Waals surface area contributed by atoms with Crippen molar-refractivity contribution in [3.05, 3.63) is 78.4 Å². The number of hydrogen-bond acceptors (Lipinski definition) is 1. The molecule has 0 aromatic heterocycles. The van der Waals surface area contributed by atoms with Crippen molar-refractivity contribution < 1.29 is 4.79 Å². The summed E-state index contributed by atoms with van der Waals surface area (Å²) >= 11 is 0. The Morgan fingerprint density at radius 3 is 1.92 bits per heavy atom. The Bertz CT molecular complexity index is 1150. The summed E-state index contributed by atoms with van der Waals surface area (Å²) in [6.07, 6.45) is 4.06. The molecule has 0 spiro atoms. The van der Waals surface area contributed by atoms with E-state index in [4.69, 9.17) is 5.73 Å². The minimum atomic E-state index is -0.416. The molecule has 0 radical (unpaired) electrons. The molecular formula is C22H16NOP. The monoisotopic (exact) mass is 341 g/mol. The molecule has 0 bridgehead atoms. The molecule has 0 aliphatic rings. The normalized spacial score (nSPS) is 11.2. The third-order valence-corrected chi connectivity index (χ3v) is 5.24. The van der Waals surface area contributed by atoms with E-state index in [0.717, 1.165) is 46.2 Å². The molecular weight excluding hydrogens is 325 g/mol. The van der Waals surface area contributed by atoms with Crippen LogP contribution < -0.4 is 11.0 Å². The van der Waals surface area contributed by atoms with Gasteiger partial charge in [0, 0.05) is 22.0 Å². The van der Waals surface area contributed by atoms with Gasteiger partial charge < -0.3 is 5.73 Å². The molecule has 3 heteroatoms. The van der Waals surface area contributed by atoms with Crippen molar-refractivity contribution in [2.24, 2.45) is 5.73 Å². The second kappa shape index (κ2) is 6.16. The highest BCUT2D eigenvalue weighted by molar-refractivity contribution is 7.46. The van der Waals surface area contributed by atoms with Crippen LogP contribution in [0.4, 0.5) is 0 Å². The number of benzene rings is 4. The van der Waals surface area contributed by atoms with Crippen LogP contribution in [0.2, 0.25) is 0 Å². The minimum absolute atomic E-state index is 0.416. The molecule has 25 heavy (non-hydrogen) atoms. The lowest BCUT2D eigenvalue weighted by Gasteiger charge is -2.16. The number of primary amides is 1. The summed E-state index contributed by atoms with van der Waals surface area (Å²) in [6, 6.07) is 24.2. The van der Waals surface area contributed by atoms with Gasteiger partial charge in [-0.2, -0.15) is 0 Å². The first-order valence-electron chi connectivity index (χ1n) is 8.01. The van der Waals surface area contributed by atoms with E-state index in [-0.39, 0.29) is 0 Å². The van der Waals surface area contributed by atoms with Crippen LogP contribution in [0.15, 0.2) is 72.8 Å². The Kier molecular flexibility index (Phi) is 3.83. The second-order valence-corrected chi connectivity index (χ2v) is 6.71. The molecule has 0 unspecified atom stereocenters. The van der Waals surface area contributed by atoms with Crippen molar-refractivity contribution in [2.75, 3.05) is 0 Å². The van der Waals surface area contributed by atoms with Crippen molar-refractivity contribution in [1.29, 1.82) is 0 Å². The van der Waals surface area contributed by atoms with Crippen LogP contribution >= 0.6 is 8.20 Å². The lowest BCUT2D eigenvalue weighted by atomic mass is 9.90. The van der Waals surface area contributed by atoms with Gasteiger partial charge in [0.15, 0.2) is 0 Å². The summed E-state index contributed by atoms with van der Waals surface area (Å²) in [5.41, 5.74) is 8.20. The maximum atomic E-state index is 12.2. The number of nitrogens with two attached hydrogens (primary N) is 1. The fourth-order valence-corrected chi connectivity index (χ4v) is 3.97. The van der Waals surface area contributed by atoms with Crippen LogP contribution in [-0.4, -0.2) is 12.2 Å². The summed E-state index contributed by atoms with van der Waals surface area (Å²) in [5.74, 6) is -0.416. The van der Waals surface area contributed by atoms with E-state index >= 15 is 0 Å². The zero-order valence-electron chi connectivity index (χ0n) is 13.6. The smallest absolute Gasteiger partial charge is 0.249 e. The first kappa shape index (κ1) is 15.6. The summed E-state index contributed by atoms with van der Waals surface area (Å²) in [4.78, 5) is 12.2. The highest BCUT2D eigenvalue weighted by Crippen LogP contribution is 2.36. The van der Waals surface area contributed by atoms with Gasteiger partial charge >= 0.3 is 0 Å². The zero-order chi connectivity index (χ0) is 17.4. The van der Waals surface area contributed by atoms with Crippen molar-refractivity contribution >= 4 is 47.3 Å². The third kappa shape index (κ3) is 2.52. The molecule has 0 aliphatic carbocycles. The SMILES string of the molecule is C=Pc1ccc2ccccc2c1-c1c(C(N)=O)ccc2ccccc12. The summed E-state index contributed by atoms with van der Waals surface area (Å²) in [6.45, 7) is 0. The van der Waals surface area contributed by atoms with Gasteiger partial charge in [-0.3, -0.25) is 4.79 Å². The van der Waals surface area contributed by atoms with E-state index in [1.807, 2.05) is 42.5 Å². The Hall–Kier alpha value is -2.96. The number of fused-ring (bicyclic) bond motifs is 2. The number of amides is 1. The van der Waals surface area contributed by atoms with E-state index in [2.05, 4.69) is 36.6 Å².